The van der Waals surface area contributed by atoms with Gasteiger partial charge in [0.25, 0.3) is 0 Å². The maximum atomic E-state index is 13.9. The molecule has 210 valence electrons. The van der Waals surface area contributed by atoms with Crippen molar-refractivity contribution < 1.29 is 21.6 Å². The second kappa shape index (κ2) is 10.7. The van der Waals surface area contributed by atoms with Crippen LogP contribution in [0.1, 0.15) is 36.2 Å². The lowest BCUT2D eigenvalue weighted by molar-refractivity contribution is -0.137. The molecule has 2 aliphatic rings. The van der Waals surface area contributed by atoms with Crippen LogP contribution >= 0.6 is 11.6 Å². The van der Waals surface area contributed by atoms with Crippen LogP contribution in [0.2, 0.25) is 5.02 Å². The van der Waals surface area contributed by atoms with Crippen molar-refractivity contribution in [1.29, 1.82) is 0 Å². The summed E-state index contributed by atoms with van der Waals surface area (Å²) in [5, 5.41) is 3.54. The Balaban J connectivity index is 1.41. The molecule has 5 rings (SSSR count). The van der Waals surface area contributed by atoms with Gasteiger partial charge in [-0.15, -0.1) is 0 Å². The molecule has 4 heterocycles. The summed E-state index contributed by atoms with van der Waals surface area (Å²) in [6, 6.07) is 5.50. The van der Waals surface area contributed by atoms with Crippen LogP contribution < -0.4 is 5.32 Å². The van der Waals surface area contributed by atoms with Crippen molar-refractivity contribution in [2.75, 3.05) is 37.8 Å². The Morgan fingerprint density at radius 1 is 1.13 bits per heavy atom. The average Bonchev–Trinajstić information content (AvgIpc) is 3.22. The van der Waals surface area contributed by atoms with Gasteiger partial charge in [-0.25, -0.2) is 27.7 Å². The molecule has 1 aromatic carbocycles. The Morgan fingerprint density at radius 2 is 1.85 bits per heavy atom. The summed E-state index contributed by atoms with van der Waals surface area (Å²) in [6.45, 7) is 5.22. The van der Waals surface area contributed by atoms with E-state index >= 15 is 0 Å². The Morgan fingerprint density at radius 3 is 2.44 bits per heavy atom. The van der Waals surface area contributed by atoms with Crippen molar-refractivity contribution in [3.05, 3.63) is 52.6 Å². The van der Waals surface area contributed by atoms with Gasteiger partial charge in [0, 0.05) is 38.1 Å². The maximum Gasteiger partial charge on any atom is 0.420 e. The highest BCUT2D eigenvalue weighted by atomic mass is 35.5. The Hall–Kier alpha value is -2.74. The van der Waals surface area contributed by atoms with E-state index in [1.165, 1.54) is 16.9 Å². The Labute approximate surface area is 230 Å². The lowest BCUT2D eigenvalue weighted by Crippen LogP contribution is -2.42. The molecule has 3 aromatic rings. The molecule has 0 unspecified atom stereocenters. The summed E-state index contributed by atoms with van der Waals surface area (Å²) >= 11 is 6.59. The highest BCUT2D eigenvalue weighted by Crippen LogP contribution is 2.37. The predicted octanol–water partition coefficient (Wildman–Crippen LogP) is 4.35. The number of nitrogens with zero attached hydrogens (tertiary/aromatic N) is 6. The minimum atomic E-state index is -4.69. The van der Waals surface area contributed by atoms with E-state index in [2.05, 4.69) is 25.2 Å². The molecule has 0 saturated carbocycles. The fourth-order valence-corrected chi connectivity index (χ4v) is 6.01. The normalized spacial score (nSPS) is 17.8. The summed E-state index contributed by atoms with van der Waals surface area (Å²) in [4.78, 5) is 14.8. The first-order valence-electron chi connectivity index (χ1n) is 12.6. The average molecular weight is 584 g/mol. The number of alkyl halides is 3. The molecular weight excluding hydrogens is 555 g/mol. The number of halogens is 4. The van der Waals surface area contributed by atoms with Crippen LogP contribution in [-0.2, 0) is 22.7 Å². The van der Waals surface area contributed by atoms with E-state index < -0.39 is 21.8 Å². The number of piperidine rings is 1. The number of aryl methyl sites for hydroxylation is 1. The van der Waals surface area contributed by atoms with Gasteiger partial charge in [0.05, 0.1) is 17.0 Å². The number of hydrogen-bond acceptors (Lipinski definition) is 7. The van der Waals surface area contributed by atoms with Crippen LogP contribution in [0.4, 0.5) is 19.1 Å². The van der Waals surface area contributed by atoms with Crippen molar-refractivity contribution in [3.8, 4) is 17.1 Å². The number of sulfonamides is 1. The van der Waals surface area contributed by atoms with Gasteiger partial charge in [-0.05, 0) is 57.0 Å². The molecule has 2 fully saturated rings. The van der Waals surface area contributed by atoms with Crippen LogP contribution in [0.5, 0.6) is 0 Å². The highest BCUT2D eigenvalue weighted by molar-refractivity contribution is 7.88. The fourth-order valence-electron chi connectivity index (χ4n) is 4.84. The van der Waals surface area contributed by atoms with E-state index in [0.717, 1.165) is 37.7 Å². The molecule has 0 atom stereocenters. The fraction of sp³-hybridized carbons (Fsp3) is 0.480. The number of likely N-dealkylation sites (tertiary alicyclic amines) is 1. The molecule has 0 aliphatic carbocycles. The van der Waals surface area contributed by atoms with E-state index in [1.54, 1.807) is 11.5 Å². The lowest BCUT2D eigenvalue weighted by atomic mass is 10.1. The van der Waals surface area contributed by atoms with E-state index in [1.807, 2.05) is 18.2 Å². The Bertz CT molecular complexity index is 1470. The van der Waals surface area contributed by atoms with Gasteiger partial charge in [-0.3, -0.25) is 4.90 Å². The molecule has 0 spiro atoms. The third-order valence-corrected chi connectivity index (χ3v) is 8.71. The first-order chi connectivity index (χ1) is 18.4. The van der Waals surface area contributed by atoms with Crippen molar-refractivity contribution in [1.82, 2.24) is 28.7 Å². The minimum Gasteiger partial charge on any atom is -0.351 e. The first kappa shape index (κ1) is 27.8. The first-order valence-corrected chi connectivity index (χ1v) is 14.8. The van der Waals surface area contributed by atoms with Crippen molar-refractivity contribution >= 4 is 27.6 Å². The second-order valence-corrected chi connectivity index (χ2v) is 12.4. The van der Waals surface area contributed by atoms with Gasteiger partial charge in [0.2, 0.25) is 16.0 Å². The lowest BCUT2D eigenvalue weighted by Gasteiger charge is -2.30. The van der Waals surface area contributed by atoms with Gasteiger partial charge in [0.15, 0.2) is 0 Å². The van der Waals surface area contributed by atoms with Gasteiger partial charge in [-0.1, -0.05) is 17.7 Å². The topological polar surface area (TPSA) is 96.2 Å². The highest BCUT2D eigenvalue weighted by Gasteiger charge is 2.36. The van der Waals surface area contributed by atoms with Crippen LogP contribution in [0, 0.1) is 6.92 Å². The van der Waals surface area contributed by atoms with E-state index in [-0.39, 0.29) is 23.4 Å². The second-order valence-electron chi connectivity index (χ2n) is 9.99. The molecule has 0 radical (unpaired) electrons. The number of nitrogens with one attached hydrogen (secondary N) is 1. The van der Waals surface area contributed by atoms with E-state index in [9.17, 15) is 21.6 Å². The monoisotopic (exact) mass is 583 g/mol. The molecule has 0 bridgehead atoms. The summed E-state index contributed by atoms with van der Waals surface area (Å²) in [5.41, 5.74) is 0.369. The standard InChI is InChI=1S/C25H29ClF3N7O2S/c1-16-31-21(15-36(16)22-5-4-17(12-20(22)26)14-34-8-3-9-34)23-19(25(27,28)29)13-30-24(33-23)32-18-6-10-35(11-7-18)39(2,37)38/h4-5,12-13,15,18H,3,6-11,14H2,1-2H3,(H,30,32,33). The molecule has 2 saturated heterocycles. The molecule has 9 nitrogen and oxygen atoms in total. The molecule has 14 heteroatoms. The quantitative estimate of drug-likeness (QED) is 0.442. The zero-order chi connectivity index (χ0) is 27.9. The van der Waals surface area contributed by atoms with Gasteiger partial charge < -0.3 is 9.88 Å². The van der Waals surface area contributed by atoms with Crippen LogP contribution in [0.25, 0.3) is 17.1 Å². The van der Waals surface area contributed by atoms with E-state index in [4.69, 9.17) is 11.6 Å². The summed E-state index contributed by atoms with van der Waals surface area (Å²) in [6.07, 6.45) is 0.857. The van der Waals surface area contributed by atoms with Crippen LogP contribution in [0.3, 0.4) is 0 Å². The van der Waals surface area contributed by atoms with Gasteiger partial charge in [0.1, 0.15) is 22.8 Å². The minimum absolute atomic E-state index is 0.0244. The van der Waals surface area contributed by atoms with Crippen molar-refractivity contribution in [2.24, 2.45) is 0 Å². The summed E-state index contributed by atoms with van der Waals surface area (Å²) in [5.74, 6) is 0.480. The molecule has 2 aliphatic heterocycles. The summed E-state index contributed by atoms with van der Waals surface area (Å²) in [7, 11) is -3.29. The molecule has 39 heavy (non-hydrogen) atoms. The number of imidazole rings is 1. The molecular formula is C25H29ClF3N7O2S. The zero-order valence-corrected chi connectivity index (χ0v) is 23.1. The van der Waals surface area contributed by atoms with Gasteiger partial charge >= 0.3 is 6.18 Å². The smallest absolute Gasteiger partial charge is 0.351 e. The number of anilines is 1. The number of rotatable bonds is 7. The Kier molecular flexibility index (Phi) is 7.61. The van der Waals surface area contributed by atoms with E-state index in [0.29, 0.717) is 42.5 Å². The molecule has 2 aromatic heterocycles. The number of hydrogen-bond donors (Lipinski definition) is 1. The van der Waals surface area contributed by atoms with Crippen molar-refractivity contribution in [3.63, 3.8) is 0 Å². The third-order valence-electron chi connectivity index (χ3n) is 7.10. The van der Waals surface area contributed by atoms with Crippen LogP contribution in [-0.4, -0.2) is 75.6 Å². The SMILES string of the molecule is Cc1nc(-c2nc(NC3CCN(S(C)(=O)=O)CC3)ncc2C(F)(F)F)cn1-c1ccc(CN2CCC2)cc1Cl. The molecule has 0 amide bonds. The van der Waals surface area contributed by atoms with Crippen LogP contribution in [0.15, 0.2) is 30.6 Å². The van der Waals surface area contributed by atoms with Crippen molar-refractivity contribution in [2.45, 2.75) is 44.9 Å². The number of aromatic nitrogens is 4. The summed E-state index contributed by atoms with van der Waals surface area (Å²) < 4.78 is 68.4. The largest absolute Gasteiger partial charge is 0.420 e. The predicted molar refractivity (Wildman–Crippen MR) is 142 cm³/mol. The zero-order valence-electron chi connectivity index (χ0n) is 21.5. The maximum absolute atomic E-state index is 13.9. The third kappa shape index (κ3) is 6.21. The molecule has 1 N–H and O–H groups in total. The van der Waals surface area contributed by atoms with Gasteiger partial charge in [-0.2, -0.15) is 13.2 Å². The number of benzene rings is 1.